The molecule has 0 aliphatic rings. The lowest BCUT2D eigenvalue weighted by Crippen LogP contribution is -2.13. The number of aromatic hydroxyl groups is 1. The van der Waals surface area contributed by atoms with Crippen molar-refractivity contribution in [2.24, 2.45) is 0 Å². The lowest BCUT2D eigenvalue weighted by Gasteiger charge is -2.17. The van der Waals surface area contributed by atoms with E-state index in [-0.39, 0.29) is 22.9 Å². The van der Waals surface area contributed by atoms with Gasteiger partial charge >= 0.3 is 6.18 Å². The molecule has 0 unspecified atom stereocenters. The number of benzene rings is 3. The van der Waals surface area contributed by atoms with E-state index in [0.29, 0.717) is 39.1 Å². The van der Waals surface area contributed by atoms with E-state index in [4.69, 9.17) is 5.73 Å². The van der Waals surface area contributed by atoms with Gasteiger partial charge in [0.1, 0.15) is 5.75 Å². The number of nitrogens with two attached hydrogens (primary N) is 1. The van der Waals surface area contributed by atoms with Crippen LogP contribution in [0.15, 0.2) is 67.1 Å². The van der Waals surface area contributed by atoms with Crippen LogP contribution in [0.4, 0.5) is 30.8 Å². The zero-order valence-corrected chi connectivity index (χ0v) is 22.2. The summed E-state index contributed by atoms with van der Waals surface area (Å²) >= 11 is 0. The predicted octanol–water partition coefficient (Wildman–Crippen LogP) is 5.69. The van der Waals surface area contributed by atoms with Crippen LogP contribution in [0.5, 0.6) is 5.75 Å². The Bertz CT molecular complexity index is 1790. The molecule has 4 N–H and O–H groups in total. The number of alkyl halides is 3. The molecule has 0 aliphatic heterocycles. The number of amides is 1. The highest BCUT2D eigenvalue weighted by molar-refractivity contribution is 6.06. The number of aromatic nitrogens is 4. The monoisotopic (exact) mass is 559 g/mol. The molecule has 0 fully saturated rings. The molecule has 0 spiro atoms. The van der Waals surface area contributed by atoms with Crippen molar-refractivity contribution in [1.82, 2.24) is 19.9 Å². The Balaban J connectivity index is 1.61. The molecule has 0 aliphatic carbocycles. The molecule has 0 atom stereocenters. The van der Waals surface area contributed by atoms with Gasteiger partial charge in [0.25, 0.3) is 5.91 Å². The number of hydrogen-bond acceptors (Lipinski definition) is 8. The van der Waals surface area contributed by atoms with Crippen molar-refractivity contribution < 1.29 is 23.1 Å². The van der Waals surface area contributed by atoms with E-state index < -0.39 is 17.6 Å². The van der Waals surface area contributed by atoms with Gasteiger partial charge in [-0.15, -0.1) is 0 Å². The number of phenols is 1. The van der Waals surface area contributed by atoms with Gasteiger partial charge in [0.05, 0.1) is 16.6 Å². The van der Waals surface area contributed by atoms with Crippen LogP contribution < -0.4 is 16.0 Å². The standard InChI is InChI=1S/C29H24F3N7O2/c1-15-7-8-16(26(41)37-20-6-4-5-19(11-20)29(30,31)32)9-21(15)22-10-17-12-34-27(33)38-24(17)23(25(22)40)18-13-35-28(36-14-18)39(2)3/h4-14,40H,1-3H3,(H,37,41)(H2,33,34,38). The second kappa shape index (κ2) is 10.4. The fourth-order valence-corrected chi connectivity index (χ4v) is 4.37. The number of halogens is 3. The van der Waals surface area contributed by atoms with Gasteiger partial charge in [-0.1, -0.05) is 12.1 Å². The normalized spacial score (nSPS) is 11.5. The van der Waals surface area contributed by atoms with Crippen LogP contribution in [-0.4, -0.2) is 45.0 Å². The summed E-state index contributed by atoms with van der Waals surface area (Å²) in [5, 5.41) is 14.7. The van der Waals surface area contributed by atoms with Gasteiger partial charge in [0.2, 0.25) is 11.9 Å². The smallest absolute Gasteiger partial charge is 0.416 e. The SMILES string of the molecule is Cc1ccc(C(=O)Nc2cccc(C(F)(F)F)c2)cc1-c1cc2cnc(N)nc2c(-c2cnc(N(C)C)nc2)c1O. The summed E-state index contributed by atoms with van der Waals surface area (Å²) < 4.78 is 39.4. The number of anilines is 3. The van der Waals surface area contributed by atoms with Crippen LogP contribution in [-0.2, 0) is 6.18 Å². The highest BCUT2D eigenvalue weighted by Gasteiger charge is 2.30. The van der Waals surface area contributed by atoms with E-state index in [1.165, 1.54) is 18.3 Å². The van der Waals surface area contributed by atoms with Crippen molar-refractivity contribution in [2.45, 2.75) is 13.1 Å². The van der Waals surface area contributed by atoms with Gasteiger partial charge in [-0.2, -0.15) is 13.2 Å². The number of carbonyl (C=O) groups excluding carboxylic acids is 1. The molecule has 0 bridgehead atoms. The molecule has 2 heterocycles. The highest BCUT2D eigenvalue weighted by Crippen LogP contribution is 2.44. The first kappa shape index (κ1) is 27.3. The van der Waals surface area contributed by atoms with E-state index in [1.807, 2.05) is 6.92 Å². The van der Waals surface area contributed by atoms with Crippen molar-refractivity contribution in [3.8, 4) is 28.0 Å². The van der Waals surface area contributed by atoms with Crippen molar-refractivity contribution in [1.29, 1.82) is 0 Å². The molecule has 2 aromatic heterocycles. The Kier molecular flexibility index (Phi) is 6.91. The number of nitrogen functional groups attached to an aromatic ring is 1. The van der Waals surface area contributed by atoms with Gasteiger partial charge in [0, 0.05) is 60.4 Å². The topological polar surface area (TPSA) is 130 Å². The molecule has 41 heavy (non-hydrogen) atoms. The van der Waals surface area contributed by atoms with Gasteiger partial charge in [-0.25, -0.2) is 19.9 Å². The second-order valence-electron chi connectivity index (χ2n) is 9.54. The Morgan fingerprint density at radius 3 is 2.39 bits per heavy atom. The Morgan fingerprint density at radius 1 is 0.976 bits per heavy atom. The third-order valence-electron chi connectivity index (χ3n) is 6.43. The maximum absolute atomic E-state index is 13.1. The van der Waals surface area contributed by atoms with E-state index in [2.05, 4.69) is 25.3 Å². The number of phenolic OH excluding ortho intramolecular Hbond substituents is 1. The highest BCUT2D eigenvalue weighted by atomic mass is 19.4. The fraction of sp³-hybridized carbons (Fsp3) is 0.138. The summed E-state index contributed by atoms with van der Waals surface area (Å²) in [6.45, 7) is 1.81. The average molecular weight is 560 g/mol. The largest absolute Gasteiger partial charge is 0.507 e. The number of hydrogen-bond donors (Lipinski definition) is 3. The minimum atomic E-state index is -4.55. The summed E-state index contributed by atoms with van der Waals surface area (Å²) in [7, 11) is 3.60. The third kappa shape index (κ3) is 5.44. The Hall–Kier alpha value is -5.26. The Morgan fingerprint density at radius 2 is 1.71 bits per heavy atom. The van der Waals surface area contributed by atoms with Gasteiger partial charge in [0.15, 0.2) is 0 Å². The number of nitrogens with zero attached hydrogens (tertiary/aromatic N) is 5. The molecule has 0 saturated heterocycles. The number of nitrogens with one attached hydrogen (secondary N) is 1. The molecular weight excluding hydrogens is 535 g/mol. The summed E-state index contributed by atoms with van der Waals surface area (Å²) in [5.74, 6) is -0.274. The lowest BCUT2D eigenvalue weighted by atomic mass is 9.92. The molecule has 208 valence electrons. The van der Waals surface area contributed by atoms with Crippen molar-refractivity contribution in [3.05, 3.63) is 83.8 Å². The number of fused-ring (bicyclic) bond motifs is 1. The van der Waals surface area contributed by atoms with Gasteiger partial charge in [-0.05, 0) is 54.4 Å². The van der Waals surface area contributed by atoms with Crippen molar-refractivity contribution in [3.63, 3.8) is 0 Å². The molecule has 0 radical (unpaired) electrons. The number of aryl methyl sites for hydroxylation is 1. The molecule has 5 rings (SSSR count). The van der Waals surface area contributed by atoms with Crippen LogP contribution in [0.25, 0.3) is 33.2 Å². The van der Waals surface area contributed by atoms with Gasteiger partial charge < -0.3 is 21.1 Å². The summed E-state index contributed by atoms with van der Waals surface area (Å²) in [6.07, 6.45) is 0.101. The van der Waals surface area contributed by atoms with Crippen LogP contribution in [0.2, 0.25) is 0 Å². The van der Waals surface area contributed by atoms with Crippen LogP contribution >= 0.6 is 0 Å². The zero-order chi connectivity index (χ0) is 29.5. The maximum atomic E-state index is 13.1. The number of rotatable bonds is 5. The average Bonchev–Trinajstić information content (AvgIpc) is 2.93. The maximum Gasteiger partial charge on any atom is 0.416 e. The summed E-state index contributed by atoms with van der Waals surface area (Å²) in [5.41, 5.74) is 7.98. The summed E-state index contributed by atoms with van der Waals surface area (Å²) in [6, 6.07) is 10.9. The molecule has 3 aromatic carbocycles. The Labute approximate surface area is 232 Å². The van der Waals surface area contributed by atoms with Crippen molar-refractivity contribution >= 4 is 34.4 Å². The first-order chi connectivity index (χ1) is 19.4. The minimum absolute atomic E-state index is 0.00121. The summed E-state index contributed by atoms with van der Waals surface area (Å²) in [4.78, 5) is 31.9. The zero-order valence-electron chi connectivity index (χ0n) is 22.2. The first-order valence-corrected chi connectivity index (χ1v) is 12.3. The fourth-order valence-electron chi connectivity index (χ4n) is 4.37. The van der Waals surface area contributed by atoms with Crippen LogP contribution in [0.1, 0.15) is 21.5 Å². The molecule has 9 nitrogen and oxygen atoms in total. The third-order valence-corrected chi connectivity index (χ3v) is 6.43. The van der Waals surface area contributed by atoms with Crippen LogP contribution in [0.3, 0.4) is 0 Å². The van der Waals surface area contributed by atoms with Crippen molar-refractivity contribution in [2.75, 3.05) is 30.0 Å². The number of carbonyl (C=O) groups is 1. The minimum Gasteiger partial charge on any atom is -0.507 e. The first-order valence-electron chi connectivity index (χ1n) is 12.3. The predicted molar refractivity (Wildman–Crippen MR) is 151 cm³/mol. The molecule has 12 heteroatoms. The quantitative estimate of drug-likeness (QED) is 0.251. The molecule has 1 amide bonds. The van der Waals surface area contributed by atoms with E-state index in [1.54, 1.807) is 55.7 Å². The molecular formula is C29H24F3N7O2. The molecule has 5 aromatic rings. The second-order valence-corrected chi connectivity index (χ2v) is 9.54. The molecule has 0 saturated carbocycles. The van der Waals surface area contributed by atoms with E-state index >= 15 is 0 Å². The van der Waals surface area contributed by atoms with E-state index in [9.17, 15) is 23.1 Å². The lowest BCUT2D eigenvalue weighted by molar-refractivity contribution is -0.137. The van der Waals surface area contributed by atoms with Crippen LogP contribution in [0, 0.1) is 6.92 Å². The van der Waals surface area contributed by atoms with E-state index in [0.717, 1.165) is 17.7 Å². The van der Waals surface area contributed by atoms with Gasteiger partial charge in [-0.3, -0.25) is 4.79 Å².